The van der Waals surface area contributed by atoms with E-state index in [1.807, 2.05) is 10.8 Å². The van der Waals surface area contributed by atoms with Gasteiger partial charge in [-0.3, -0.25) is 4.79 Å². The van der Waals surface area contributed by atoms with Crippen molar-refractivity contribution in [3.8, 4) is 17.6 Å². The predicted octanol–water partition coefficient (Wildman–Crippen LogP) is 2.35. The molecule has 0 atom stereocenters. The molecule has 2 rings (SSSR count). The van der Waals surface area contributed by atoms with Crippen LogP contribution in [-0.2, 0) is 10.0 Å². The van der Waals surface area contributed by atoms with E-state index < -0.39 is 15.9 Å². The molecule has 0 bridgehead atoms. The molecule has 0 aliphatic rings. The van der Waals surface area contributed by atoms with Crippen molar-refractivity contribution in [2.75, 3.05) is 14.2 Å². The summed E-state index contributed by atoms with van der Waals surface area (Å²) in [5, 5.41) is 8.84. The fourth-order valence-electron chi connectivity index (χ4n) is 2.00. The lowest BCUT2D eigenvalue weighted by Gasteiger charge is -2.12. The maximum atomic E-state index is 12.3. The Labute approximate surface area is 149 Å². The minimum Gasteiger partial charge on any atom is -0.493 e. The summed E-state index contributed by atoms with van der Waals surface area (Å²) in [7, 11) is -1.35. The molecule has 0 spiro atoms. The van der Waals surface area contributed by atoms with Crippen molar-refractivity contribution >= 4 is 27.5 Å². The van der Waals surface area contributed by atoms with Gasteiger partial charge in [0.25, 0.3) is 15.9 Å². The van der Waals surface area contributed by atoms with Crippen LogP contribution in [0.15, 0.2) is 41.3 Å². The molecule has 2 aromatic carbocycles. The second-order valence-electron chi connectivity index (χ2n) is 4.76. The maximum absolute atomic E-state index is 12.3. The minimum atomic E-state index is -4.10. The Balaban J connectivity index is 2.32. The van der Waals surface area contributed by atoms with Crippen LogP contribution in [0, 0.1) is 11.3 Å². The number of sulfonamides is 1. The molecule has 0 heterocycles. The Morgan fingerprint density at radius 2 is 1.80 bits per heavy atom. The van der Waals surface area contributed by atoms with Gasteiger partial charge in [-0.05, 0) is 36.4 Å². The number of nitriles is 1. The summed E-state index contributed by atoms with van der Waals surface area (Å²) in [6.45, 7) is 0. The smallest absolute Gasteiger partial charge is 0.265 e. The fourth-order valence-corrected chi connectivity index (χ4v) is 3.26. The van der Waals surface area contributed by atoms with Crippen molar-refractivity contribution in [3.63, 3.8) is 0 Å². The number of nitrogens with one attached hydrogen (secondary N) is 1. The summed E-state index contributed by atoms with van der Waals surface area (Å²) in [5.41, 5.74) is 0.289. The summed E-state index contributed by atoms with van der Waals surface area (Å²) in [6, 6.07) is 9.61. The Kier molecular flexibility index (Phi) is 5.51. The zero-order valence-corrected chi connectivity index (χ0v) is 14.8. The molecular weight excluding hydrogens is 368 g/mol. The van der Waals surface area contributed by atoms with Crippen molar-refractivity contribution in [3.05, 3.63) is 52.5 Å². The summed E-state index contributed by atoms with van der Waals surface area (Å²) in [6.07, 6.45) is 0. The number of amides is 1. The number of carbonyl (C=O) groups is 1. The third-order valence-corrected chi connectivity index (χ3v) is 4.84. The first-order valence-electron chi connectivity index (χ1n) is 6.81. The Hall–Kier alpha value is -2.76. The topological polar surface area (TPSA) is 105 Å². The second-order valence-corrected chi connectivity index (χ2v) is 6.85. The molecular formula is C16H13ClN2O5S. The number of methoxy groups -OCH3 is 2. The molecule has 2 aromatic rings. The van der Waals surface area contributed by atoms with Crippen LogP contribution in [0.25, 0.3) is 0 Å². The molecule has 0 saturated carbocycles. The standard InChI is InChI=1S/C16H13ClN2O5S/c1-23-14-8-11(7-13(17)15(14)24-2)16(20)19-25(21,22)12-5-3-10(9-18)4-6-12/h3-8H,1-2H3,(H,19,20). The van der Waals surface area contributed by atoms with Crippen molar-refractivity contribution in [1.82, 2.24) is 4.72 Å². The van der Waals surface area contributed by atoms with Gasteiger partial charge < -0.3 is 9.47 Å². The van der Waals surface area contributed by atoms with Crippen molar-refractivity contribution < 1.29 is 22.7 Å². The van der Waals surface area contributed by atoms with Gasteiger partial charge >= 0.3 is 0 Å². The van der Waals surface area contributed by atoms with Gasteiger partial charge in [0.15, 0.2) is 11.5 Å². The van der Waals surface area contributed by atoms with E-state index in [1.54, 1.807) is 0 Å². The molecule has 0 aliphatic carbocycles. The molecule has 1 N–H and O–H groups in total. The average Bonchev–Trinajstić information content (AvgIpc) is 2.60. The fraction of sp³-hybridized carbons (Fsp3) is 0.125. The molecule has 130 valence electrons. The molecule has 0 fully saturated rings. The lowest BCUT2D eigenvalue weighted by atomic mass is 10.2. The first-order chi connectivity index (χ1) is 11.8. The SMILES string of the molecule is COc1cc(C(=O)NS(=O)(=O)c2ccc(C#N)cc2)cc(Cl)c1OC. The highest BCUT2D eigenvalue weighted by Gasteiger charge is 2.21. The van der Waals surface area contributed by atoms with E-state index in [2.05, 4.69) is 0 Å². The van der Waals surface area contributed by atoms with Crippen LogP contribution in [0.4, 0.5) is 0 Å². The van der Waals surface area contributed by atoms with Crippen molar-refractivity contribution in [1.29, 1.82) is 5.26 Å². The highest BCUT2D eigenvalue weighted by atomic mass is 35.5. The number of rotatable bonds is 5. The lowest BCUT2D eigenvalue weighted by molar-refractivity contribution is 0.0981. The highest BCUT2D eigenvalue weighted by molar-refractivity contribution is 7.90. The average molecular weight is 381 g/mol. The van der Waals surface area contributed by atoms with E-state index in [0.29, 0.717) is 5.56 Å². The molecule has 0 aromatic heterocycles. The first-order valence-corrected chi connectivity index (χ1v) is 8.67. The van der Waals surface area contributed by atoms with Crippen LogP contribution in [0.5, 0.6) is 11.5 Å². The quantitative estimate of drug-likeness (QED) is 0.853. The summed E-state index contributed by atoms with van der Waals surface area (Å²) >= 11 is 6.01. The van der Waals surface area contributed by atoms with Crippen LogP contribution in [0.1, 0.15) is 15.9 Å². The van der Waals surface area contributed by atoms with E-state index >= 15 is 0 Å². The number of hydrogen-bond acceptors (Lipinski definition) is 6. The van der Waals surface area contributed by atoms with E-state index in [0.717, 1.165) is 0 Å². The molecule has 7 nitrogen and oxygen atoms in total. The molecule has 0 saturated heterocycles. The zero-order valence-electron chi connectivity index (χ0n) is 13.2. The van der Waals surface area contributed by atoms with Crippen molar-refractivity contribution in [2.45, 2.75) is 4.90 Å². The highest BCUT2D eigenvalue weighted by Crippen LogP contribution is 2.36. The molecule has 0 unspecified atom stereocenters. The van der Waals surface area contributed by atoms with Gasteiger partial charge in [-0.25, -0.2) is 13.1 Å². The van der Waals surface area contributed by atoms with Gasteiger partial charge in [-0.15, -0.1) is 0 Å². The number of nitrogens with zero attached hydrogens (tertiary/aromatic N) is 1. The van der Waals surface area contributed by atoms with Crippen molar-refractivity contribution in [2.24, 2.45) is 0 Å². The van der Waals surface area contributed by atoms with Crippen LogP contribution < -0.4 is 14.2 Å². The molecule has 9 heteroatoms. The Bertz CT molecular complexity index is 950. The second kappa shape index (κ2) is 7.42. The van der Waals surface area contributed by atoms with E-state index in [9.17, 15) is 13.2 Å². The molecule has 1 amide bonds. The van der Waals surface area contributed by atoms with Gasteiger partial charge in [-0.2, -0.15) is 5.26 Å². The van der Waals surface area contributed by atoms with Gasteiger partial charge in [0.2, 0.25) is 0 Å². The van der Waals surface area contributed by atoms with Crippen LogP contribution in [-0.4, -0.2) is 28.5 Å². The van der Waals surface area contributed by atoms with Gasteiger partial charge in [0.05, 0.1) is 35.8 Å². The van der Waals surface area contributed by atoms with E-state index in [1.165, 1.54) is 50.6 Å². The monoisotopic (exact) mass is 380 g/mol. The summed E-state index contributed by atoms with van der Waals surface area (Å²) in [5.74, 6) is -0.459. The first kappa shape index (κ1) is 18.6. The number of ether oxygens (including phenoxy) is 2. The van der Waals surface area contributed by atoms with Crippen LogP contribution in [0.2, 0.25) is 5.02 Å². The maximum Gasteiger partial charge on any atom is 0.265 e. The third-order valence-electron chi connectivity index (χ3n) is 3.22. The van der Waals surface area contributed by atoms with Crippen LogP contribution >= 0.6 is 11.6 Å². The van der Waals surface area contributed by atoms with E-state index in [4.69, 9.17) is 26.3 Å². The number of hydrogen-bond donors (Lipinski definition) is 1. The number of carbonyl (C=O) groups excluding carboxylic acids is 1. The Morgan fingerprint density at radius 3 is 2.32 bits per heavy atom. The summed E-state index contributed by atoms with van der Waals surface area (Å²) < 4.78 is 36.6. The predicted molar refractivity (Wildman–Crippen MR) is 90.4 cm³/mol. The lowest BCUT2D eigenvalue weighted by Crippen LogP contribution is -2.30. The normalized spacial score (nSPS) is 10.6. The molecule has 25 heavy (non-hydrogen) atoms. The summed E-state index contributed by atoms with van der Waals surface area (Å²) in [4.78, 5) is 12.1. The zero-order chi connectivity index (χ0) is 18.6. The van der Waals surface area contributed by atoms with Gasteiger partial charge in [-0.1, -0.05) is 11.6 Å². The minimum absolute atomic E-state index is 0.0140. The number of halogens is 1. The molecule has 0 aliphatic heterocycles. The van der Waals surface area contributed by atoms with Gasteiger partial charge in [0.1, 0.15) is 0 Å². The third kappa shape index (κ3) is 4.02. The Morgan fingerprint density at radius 1 is 1.16 bits per heavy atom. The van der Waals surface area contributed by atoms with Gasteiger partial charge in [0, 0.05) is 5.56 Å². The largest absolute Gasteiger partial charge is 0.493 e. The van der Waals surface area contributed by atoms with E-state index in [-0.39, 0.29) is 27.0 Å². The number of benzene rings is 2. The van der Waals surface area contributed by atoms with Crippen LogP contribution in [0.3, 0.4) is 0 Å². The molecule has 0 radical (unpaired) electrons.